The first kappa shape index (κ1) is 16.3. The van der Waals surface area contributed by atoms with Crippen molar-refractivity contribution in [1.29, 1.82) is 0 Å². The fourth-order valence-electron chi connectivity index (χ4n) is 3.46. The van der Waals surface area contributed by atoms with Crippen LogP contribution in [0.3, 0.4) is 0 Å². The van der Waals surface area contributed by atoms with E-state index in [1.807, 2.05) is 6.07 Å². The van der Waals surface area contributed by atoms with Crippen LogP contribution in [-0.4, -0.2) is 20.5 Å². The van der Waals surface area contributed by atoms with E-state index < -0.39 is 0 Å². The Morgan fingerprint density at radius 1 is 1.29 bits per heavy atom. The van der Waals surface area contributed by atoms with Gasteiger partial charge in [-0.2, -0.15) is 0 Å². The second-order valence-corrected chi connectivity index (χ2v) is 8.41. The molecule has 8 heteroatoms. The number of nitro benzene ring substituents is 1. The zero-order valence-electron chi connectivity index (χ0n) is 13.1. The van der Waals surface area contributed by atoms with Gasteiger partial charge in [0, 0.05) is 17.1 Å². The molecule has 6 nitrogen and oxygen atoms in total. The van der Waals surface area contributed by atoms with Crippen LogP contribution in [0.2, 0.25) is 0 Å². The number of benzene rings is 1. The lowest BCUT2D eigenvalue weighted by Crippen LogP contribution is -2.18. The minimum Gasteiger partial charge on any atom is -0.353 e. The molecule has 24 heavy (non-hydrogen) atoms. The number of imidazole rings is 1. The summed E-state index contributed by atoms with van der Waals surface area (Å²) in [6.07, 6.45) is 7.20. The number of anilines is 1. The highest BCUT2D eigenvalue weighted by Crippen LogP contribution is 2.41. The zero-order valence-corrected chi connectivity index (χ0v) is 16.3. The van der Waals surface area contributed by atoms with Gasteiger partial charge in [-0.15, -0.1) is 0 Å². The Kier molecular flexibility index (Phi) is 4.28. The molecule has 4 rings (SSSR count). The Morgan fingerprint density at radius 2 is 2.00 bits per heavy atom. The highest BCUT2D eigenvalue weighted by molar-refractivity contribution is 9.13. The number of nitrogens with zero attached hydrogens (tertiary/aromatic N) is 3. The molecular formula is C16H18Br2N4O2. The lowest BCUT2D eigenvalue weighted by molar-refractivity contribution is -0.384. The van der Waals surface area contributed by atoms with E-state index in [-0.39, 0.29) is 10.6 Å². The van der Waals surface area contributed by atoms with Crippen LogP contribution in [0.5, 0.6) is 0 Å². The fraction of sp³-hybridized carbons (Fsp3) is 0.562. The topological polar surface area (TPSA) is 73.0 Å². The van der Waals surface area contributed by atoms with Crippen LogP contribution in [0.25, 0.3) is 11.0 Å². The third kappa shape index (κ3) is 2.94. The molecule has 2 aliphatic rings. The number of halogens is 2. The van der Waals surface area contributed by atoms with Crippen LogP contribution < -0.4 is 5.32 Å². The summed E-state index contributed by atoms with van der Waals surface area (Å²) in [4.78, 5) is 15.9. The minimum absolute atomic E-state index is 0.0309. The first-order valence-corrected chi connectivity index (χ1v) is 9.92. The maximum atomic E-state index is 11.6. The van der Waals surface area contributed by atoms with Crippen molar-refractivity contribution in [3.05, 3.63) is 25.1 Å². The van der Waals surface area contributed by atoms with E-state index in [4.69, 9.17) is 0 Å². The number of hydrogen-bond acceptors (Lipinski definition) is 4. The standard InChI is InChI=1S/C16H18Br2N4O2/c17-11-7-12-14(15(13(11)18)22(23)24)20-16(19-10-3-1-2-4-10)21(12)8-9-5-6-9/h7,9-10H,1-6,8H2,(H,19,20). The number of nitro groups is 1. The number of aromatic nitrogens is 2. The molecule has 0 amide bonds. The molecule has 2 saturated carbocycles. The summed E-state index contributed by atoms with van der Waals surface area (Å²) in [6, 6.07) is 2.35. The molecule has 0 saturated heterocycles. The molecule has 1 aromatic carbocycles. The third-order valence-electron chi connectivity index (χ3n) is 4.92. The van der Waals surface area contributed by atoms with Crippen LogP contribution in [-0.2, 0) is 6.54 Å². The maximum absolute atomic E-state index is 11.6. The number of fused-ring (bicyclic) bond motifs is 1. The van der Waals surface area contributed by atoms with E-state index in [1.165, 1.54) is 25.7 Å². The molecule has 2 aromatic rings. The van der Waals surface area contributed by atoms with Gasteiger partial charge in [0.05, 0.1) is 10.4 Å². The third-order valence-corrected chi connectivity index (χ3v) is 6.88. The summed E-state index contributed by atoms with van der Waals surface area (Å²) in [5, 5.41) is 15.1. The predicted octanol–water partition coefficient (Wildman–Crippen LogP) is 5.23. The summed E-state index contributed by atoms with van der Waals surface area (Å²) < 4.78 is 3.27. The van der Waals surface area contributed by atoms with Gasteiger partial charge in [0.15, 0.2) is 5.52 Å². The molecule has 0 unspecified atom stereocenters. The van der Waals surface area contributed by atoms with Crippen LogP contribution in [0.15, 0.2) is 15.0 Å². The van der Waals surface area contributed by atoms with Crippen LogP contribution in [0.4, 0.5) is 11.6 Å². The Bertz CT molecular complexity index is 810. The van der Waals surface area contributed by atoms with Crippen molar-refractivity contribution in [2.24, 2.45) is 5.92 Å². The smallest absolute Gasteiger partial charge is 0.312 e. The van der Waals surface area contributed by atoms with Crippen LogP contribution in [0, 0.1) is 16.0 Å². The highest BCUT2D eigenvalue weighted by Gasteiger charge is 2.30. The Balaban J connectivity index is 1.86. The summed E-state index contributed by atoms with van der Waals surface area (Å²) in [6.45, 7) is 0.872. The highest BCUT2D eigenvalue weighted by atomic mass is 79.9. The molecule has 0 aliphatic heterocycles. The van der Waals surface area contributed by atoms with Gasteiger partial charge < -0.3 is 9.88 Å². The summed E-state index contributed by atoms with van der Waals surface area (Å²) >= 11 is 6.77. The van der Waals surface area contributed by atoms with Crippen molar-refractivity contribution >= 4 is 54.5 Å². The second-order valence-electron chi connectivity index (χ2n) is 6.76. The first-order valence-electron chi connectivity index (χ1n) is 8.33. The predicted molar refractivity (Wildman–Crippen MR) is 100 cm³/mol. The van der Waals surface area contributed by atoms with Gasteiger partial charge in [-0.05, 0) is 69.5 Å². The van der Waals surface area contributed by atoms with E-state index in [9.17, 15) is 10.1 Å². The van der Waals surface area contributed by atoms with Crippen molar-refractivity contribution in [2.75, 3.05) is 5.32 Å². The molecule has 1 heterocycles. The van der Waals surface area contributed by atoms with E-state index in [0.717, 1.165) is 30.9 Å². The van der Waals surface area contributed by atoms with Gasteiger partial charge in [0.25, 0.3) is 0 Å². The second kappa shape index (κ2) is 6.29. The monoisotopic (exact) mass is 456 g/mol. The molecule has 2 aliphatic carbocycles. The van der Waals surface area contributed by atoms with Crippen molar-refractivity contribution in [1.82, 2.24) is 9.55 Å². The van der Waals surface area contributed by atoms with Gasteiger partial charge in [-0.3, -0.25) is 10.1 Å². The van der Waals surface area contributed by atoms with Crippen molar-refractivity contribution in [3.63, 3.8) is 0 Å². The minimum atomic E-state index is -0.356. The van der Waals surface area contributed by atoms with E-state index in [0.29, 0.717) is 26.4 Å². The summed E-state index contributed by atoms with van der Waals surface area (Å²) in [5.74, 6) is 1.44. The van der Waals surface area contributed by atoms with E-state index in [1.54, 1.807) is 0 Å². The molecule has 1 N–H and O–H groups in total. The normalized spacial score (nSPS) is 18.4. The van der Waals surface area contributed by atoms with E-state index in [2.05, 4.69) is 46.7 Å². The van der Waals surface area contributed by atoms with E-state index >= 15 is 0 Å². The van der Waals surface area contributed by atoms with Crippen LogP contribution >= 0.6 is 31.9 Å². The van der Waals surface area contributed by atoms with Gasteiger partial charge in [-0.1, -0.05) is 12.8 Å². The maximum Gasteiger partial charge on any atom is 0.312 e. The van der Waals surface area contributed by atoms with Crippen molar-refractivity contribution in [3.8, 4) is 0 Å². The van der Waals surface area contributed by atoms with Crippen molar-refractivity contribution < 1.29 is 4.92 Å². The van der Waals surface area contributed by atoms with Gasteiger partial charge in [-0.25, -0.2) is 4.98 Å². The lowest BCUT2D eigenvalue weighted by Gasteiger charge is -2.15. The SMILES string of the molecule is O=[N+]([O-])c1c(Br)c(Br)cc2c1nc(NC1CCCC1)n2CC1CC1. The quantitative estimate of drug-likeness (QED) is 0.492. The molecule has 1 aromatic heterocycles. The Morgan fingerprint density at radius 3 is 2.62 bits per heavy atom. The number of nitrogens with one attached hydrogen (secondary N) is 1. The number of rotatable bonds is 5. The first-order chi connectivity index (χ1) is 11.5. The molecule has 0 radical (unpaired) electrons. The molecule has 2 fully saturated rings. The summed E-state index contributed by atoms with van der Waals surface area (Å²) in [7, 11) is 0. The van der Waals surface area contributed by atoms with Gasteiger partial charge in [0.2, 0.25) is 5.95 Å². The average Bonchev–Trinajstić information content (AvgIpc) is 3.10. The Labute approximate surface area is 156 Å². The summed E-state index contributed by atoms with van der Waals surface area (Å²) in [5.41, 5.74) is 1.31. The van der Waals surface area contributed by atoms with Gasteiger partial charge >= 0.3 is 5.69 Å². The molecule has 128 valence electrons. The largest absolute Gasteiger partial charge is 0.353 e. The molecule has 0 atom stereocenters. The fourth-order valence-corrected chi connectivity index (χ4v) is 4.31. The average molecular weight is 458 g/mol. The number of hydrogen-bond donors (Lipinski definition) is 1. The van der Waals surface area contributed by atoms with Gasteiger partial charge in [0.1, 0.15) is 4.47 Å². The molecule has 0 spiro atoms. The zero-order chi connectivity index (χ0) is 16.8. The lowest BCUT2D eigenvalue weighted by atomic mass is 10.2. The molecule has 0 bridgehead atoms. The molecular weight excluding hydrogens is 440 g/mol. The Hall–Kier alpha value is -1.15. The van der Waals surface area contributed by atoms with Crippen LogP contribution in [0.1, 0.15) is 38.5 Å². The van der Waals surface area contributed by atoms with Crippen molar-refractivity contribution in [2.45, 2.75) is 51.1 Å².